The molecular formula is C10H19NO3S. The largest absolute Gasteiger partial charge is 0.480 e. The Balaban J connectivity index is 4.61. The van der Waals surface area contributed by atoms with Crippen molar-refractivity contribution in [3.63, 3.8) is 0 Å². The first-order valence-corrected chi connectivity index (χ1v) is 6.30. The van der Waals surface area contributed by atoms with Crippen molar-refractivity contribution in [3.8, 4) is 0 Å². The molecule has 0 fully saturated rings. The SMILES string of the molecule is CCN(C(=O)CCSC)C(C)(C)C(=O)O. The molecule has 0 rings (SSSR count). The molecule has 88 valence electrons. The summed E-state index contributed by atoms with van der Waals surface area (Å²) in [4.78, 5) is 24.1. The van der Waals surface area contributed by atoms with E-state index in [0.29, 0.717) is 13.0 Å². The van der Waals surface area contributed by atoms with Crippen LogP contribution in [0.3, 0.4) is 0 Å². The van der Waals surface area contributed by atoms with Gasteiger partial charge in [0.05, 0.1) is 0 Å². The Hall–Kier alpha value is -0.710. The van der Waals surface area contributed by atoms with Crippen molar-refractivity contribution in [2.75, 3.05) is 18.6 Å². The van der Waals surface area contributed by atoms with Crippen molar-refractivity contribution in [1.29, 1.82) is 0 Å². The molecule has 0 aliphatic heterocycles. The first-order valence-electron chi connectivity index (χ1n) is 4.90. The molecule has 1 amide bonds. The summed E-state index contributed by atoms with van der Waals surface area (Å²) in [5.41, 5.74) is -1.12. The second-order valence-electron chi connectivity index (χ2n) is 3.74. The highest BCUT2D eigenvalue weighted by Gasteiger charge is 2.36. The number of hydrogen-bond acceptors (Lipinski definition) is 3. The molecule has 0 bridgehead atoms. The third-order valence-electron chi connectivity index (χ3n) is 2.34. The molecule has 4 nitrogen and oxygen atoms in total. The van der Waals surface area contributed by atoms with Crippen molar-refractivity contribution in [3.05, 3.63) is 0 Å². The first-order chi connectivity index (χ1) is 6.87. The van der Waals surface area contributed by atoms with Crippen LogP contribution in [0.5, 0.6) is 0 Å². The third-order valence-corrected chi connectivity index (χ3v) is 2.95. The maximum atomic E-state index is 11.7. The van der Waals surface area contributed by atoms with Gasteiger partial charge in [0.1, 0.15) is 5.54 Å². The summed E-state index contributed by atoms with van der Waals surface area (Å²) in [5.74, 6) is -0.341. The summed E-state index contributed by atoms with van der Waals surface area (Å²) >= 11 is 1.58. The fourth-order valence-corrected chi connectivity index (χ4v) is 1.70. The molecule has 0 heterocycles. The van der Waals surface area contributed by atoms with Crippen LogP contribution in [0, 0.1) is 0 Å². The monoisotopic (exact) mass is 233 g/mol. The van der Waals surface area contributed by atoms with Crippen LogP contribution < -0.4 is 0 Å². The molecule has 0 saturated heterocycles. The van der Waals surface area contributed by atoms with E-state index < -0.39 is 11.5 Å². The summed E-state index contributed by atoms with van der Waals surface area (Å²) in [7, 11) is 0. The van der Waals surface area contributed by atoms with Crippen LogP contribution in [0.1, 0.15) is 27.2 Å². The van der Waals surface area contributed by atoms with Crippen LogP contribution in [0.25, 0.3) is 0 Å². The van der Waals surface area contributed by atoms with Crippen molar-refractivity contribution in [2.24, 2.45) is 0 Å². The van der Waals surface area contributed by atoms with E-state index >= 15 is 0 Å². The van der Waals surface area contributed by atoms with Crippen molar-refractivity contribution >= 4 is 23.6 Å². The summed E-state index contributed by atoms with van der Waals surface area (Å²) in [6.45, 7) is 5.32. The Morgan fingerprint density at radius 3 is 2.27 bits per heavy atom. The van der Waals surface area contributed by atoms with E-state index in [2.05, 4.69) is 0 Å². The predicted molar refractivity (Wildman–Crippen MR) is 62.1 cm³/mol. The number of carboxylic acid groups (broad SMARTS) is 1. The number of amides is 1. The number of nitrogens with zero attached hydrogens (tertiary/aromatic N) is 1. The molecule has 0 aromatic heterocycles. The van der Waals surface area contributed by atoms with E-state index in [4.69, 9.17) is 5.11 Å². The minimum Gasteiger partial charge on any atom is -0.480 e. The van der Waals surface area contributed by atoms with Gasteiger partial charge in [-0.1, -0.05) is 0 Å². The quantitative estimate of drug-likeness (QED) is 0.754. The Morgan fingerprint density at radius 1 is 1.40 bits per heavy atom. The molecule has 1 N–H and O–H groups in total. The number of carbonyl (C=O) groups is 2. The maximum absolute atomic E-state index is 11.7. The highest BCUT2D eigenvalue weighted by molar-refractivity contribution is 7.98. The molecule has 0 aliphatic rings. The molecule has 0 aromatic carbocycles. The normalized spacial score (nSPS) is 11.2. The Labute approximate surface area is 95.0 Å². The lowest BCUT2D eigenvalue weighted by atomic mass is 10.0. The zero-order valence-corrected chi connectivity index (χ0v) is 10.6. The second-order valence-corrected chi connectivity index (χ2v) is 4.73. The summed E-state index contributed by atoms with van der Waals surface area (Å²) in [6.07, 6.45) is 2.32. The second kappa shape index (κ2) is 6.00. The molecule has 0 atom stereocenters. The number of likely N-dealkylation sites (N-methyl/N-ethyl adjacent to an activating group) is 1. The number of rotatable bonds is 6. The molecule has 0 aliphatic carbocycles. The van der Waals surface area contributed by atoms with Gasteiger partial charge in [0, 0.05) is 18.7 Å². The zero-order valence-electron chi connectivity index (χ0n) is 9.74. The van der Waals surface area contributed by atoms with Crippen LogP contribution in [0.15, 0.2) is 0 Å². The van der Waals surface area contributed by atoms with E-state index in [1.807, 2.05) is 6.26 Å². The lowest BCUT2D eigenvalue weighted by molar-refractivity contribution is -0.156. The van der Waals surface area contributed by atoms with E-state index in [1.54, 1.807) is 32.5 Å². The summed E-state index contributed by atoms with van der Waals surface area (Å²) in [5, 5.41) is 9.02. The van der Waals surface area contributed by atoms with Crippen LogP contribution in [0.2, 0.25) is 0 Å². The van der Waals surface area contributed by atoms with E-state index in [9.17, 15) is 9.59 Å². The average Bonchev–Trinajstić information content (AvgIpc) is 2.15. The van der Waals surface area contributed by atoms with Gasteiger partial charge in [0.15, 0.2) is 0 Å². The van der Waals surface area contributed by atoms with Gasteiger partial charge in [-0.3, -0.25) is 4.79 Å². The Kier molecular flexibility index (Phi) is 5.72. The number of hydrogen-bond donors (Lipinski definition) is 1. The van der Waals surface area contributed by atoms with Crippen molar-refractivity contribution in [2.45, 2.75) is 32.7 Å². The fraction of sp³-hybridized carbons (Fsp3) is 0.800. The molecule has 15 heavy (non-hydrogen) atoms. The summed E-state index contributed by atoms with van der Waals surface area (Å²) < 4.78 is 0. The topological polar surface area (TPSA) is 57.6 Å². The summed E-state index contributed by atoms with van der Waals surface area (Å²) in [6, 6.07) is 0. The standard InChI is InChI=1S/C10H19NO3S/c1-5-11(8(12)6-7-15-4)10(2,3)9(13)14/h5-7H2,1-4H3,(H,13,14). The third kappa shape index (κ3) is 3.74. The zero-order chi connectivity index (χ0) is 12.1. The number of aliphatic carboxylic acids is 1. The van der Waals surface area contributed by atoms with Gasteiger partial charge in [-0.25, -0.2) is 4.79 Å². The van der Waals surface area contributed by atoms with Gasteiger partial charge in [-0.05, 0) is 27.0 Å². The van der Waals surface area contributed by atoms with Crippen LogP contribution in [-0.2, 0) is 9.59 Å². The number of carboxylic acids is 1. The molecule has 0 unspecified atom stereocenters. The van der Waals surface area contributed by atoms with Gasteiger partial charge < -0.3 is 10.0 Å². The highest BCUT2D eigenvalue weighted by Crippen LogP contribution is 2.16. The predicted octanol–water partition coefficient (Wildman–Crippen LogP) is 1.45. The van der Waals surface area contributed by atoms with Crippen LogP contribution in [-0.4, -0.2) is 46.0 Å². The van der Waals surface area contributed by atoms with Gasteiger partial charge >= 0.3 is 5.97 Å². The van der Waals surface area contributed by atoms with E-state index in [1.165, 1.54) is 4.90 Å². The van der Waals surface area contributed by atoms with Crippen molar-refractivity contribution in [1.82, 2.24) is 4.90 Å². The van der Waals surface area contributed by atoms with E-state index in [0.717, 1.165) is 5.75 Å². The van der Waals surface area contributed by atoms with Crippen LogP contribution in [0.4, 0.5) is 0 Å². The highest BCUT2D eigenvalue weighted by atomic mass is 32.2. The molecule has 0 radical (unpaired) electrons. The van der Waals surface area contributed by atoms with Gasteiger partial charge in [-0.15, -0.1) is 0 Å². The first kappa shape index (κ1) is 14.3. The van der Waals surface area contributed by atoms with Gasteiger partial charge in [-0.2, -0.15) is 11.8 Å². The van der Waals surface area contributed by atoms with Crippen LogP contribution >= 0.6 is 11.8 Å². The number of carbonyl (C=O) groups excluding carboxylic acids is 1. The van der Waals surface area contributed by atoms with Gasteiger partial charge in [0.2, 0.25) is 5.91 Å². The van der Waals surface area contributed by atoms with E-state index in [-0.39, 0.29) is 5.91 Å². The minimum absolute atomic E-state index is 0.0979. The average molecular weight is 233 g/mol. The fourth-order valence-electron chi connectivity index (χ4n) is 1.32. The number of thioether (sulfide) groups is 1. The maximum Gasteiger partial charge on any atom is 0.329 e. The molecule has 5 heteroatoms. The lowest BCUT2D eigenvalue weighted by Crippen LogP contribution is -2.53. The minimum atomic E-state index is -1.12. The van der Waals surface area contributed by atoms with Gasteiger partial charge in [0.25, 0.3) is 0 Å². The molecular weight excluding hydrogens is 214 g/mol. The Morgan fingerprint density at radius 2 is 1.93 bits per heavy atom. The lowest BCUT2D eigenvalue weighted by Gasteiger charge is -2.34. The molecule has 0 aromatic rings. The molecule has 0 saturated carbocycles. The Bertz CT molecular complexity index is 241. The van der Waals surface area contributed by atoms with Crippen molar-refractivity contribution < 1.29 is 14.7 Å². The smallest absolute Gasteiger partial charge is 0.329 e. The molecule has 0 spiro atoms.